The first-order chi connectivity index (χ1) is 19.7. The van der Waals surface area contributed by atoms with Crippen molar-refractivity contribution >= 4 is 17.6 Å². The minimum Gasteiger partial charge on any atom is -0.419 e. The molecule has 1 atom stereocenters. The zero-order valence-corrected chi connectivity index (χ0v) is 23.1. The lowest BCUT2D eigenvalue weighted by Crippen LogP contribution is -2.44. The van der Waals surface area contributed by atoms with E-state index < -0.39 is 11.9 Å². The molecule has 0 aliphatic carbocycles. The summed E-state index contributed by atoms with van der Waals surface area (Å²) in [5.74, 6) is -1.45. The number of carbonyl (C=O) groups is 2. The molecule has 2 aliphatic rings. The maximum absolute atomic E-state index is 14.0. The Morgan fingerprint density at radius 3 is 2.34 bits per heavy atom. The van der Waals surface area contributed by atoms with Crippen LogP contribution in [0.25, 0.3) is 0 Å². The Hall–Kier alpha value is -4.08. The van der Waals surface area contributed by atoms with Crippen molar-refractivity contribution in [3.05, 3.63) is 101 Å². The maximum atomic E-state index is 14.0. The molecule has 2 N–H and O–H groups in total. The molecule has 0 aromatic heterocycles. The second kappa shape index (κ2) is 12.6. The topological polar surface area (TPSA) is 79.9 Å². The smallest absolute Gasteiger partial charge is 0.336 e. The zero-order chi connectivity index (χ0) is 28.9. The molecule has 0 amide bonds. The number of hydrogen-bond acceptors (Lipinski definition) is 7. The highest BCUT2D eigenvalue weighted by Gasteiger charge is 2.27. The van der Waals surface area contributed by atoms with Crippen LogP contribution in [0.15, 0.2) is 66.7 Å². The Balaban J connectivity index is 1.30. The second-order valence-electron chi connectivity index (χ2n) is 10.7. The summed E-state index contributed by atoms with van der Waals surface area (Å²) < 4.78 is 38.5. The van der Waals surface area contributed by atoms with Crippen molar-refractivity contribution in [3.63, 3.8) is 0 Å². The van der Waals surface area contributed by atoms with Gasteiger partial charge in [0.15, 0.2) is 11.5 Å². The third-order valence-corrected chi connectivity index (χ3v) is 7.19. The van der Waals surface area contributed by atoms with Gasteiger partial charge in [0.2, 0.25) is 0 Å². The molecule has 214 valence electrons. The molecule has 0 bridgehead atoms. The highest BCUT2D eigenvalue weighted by molar-refractivity contribution is 5.96. The van der Waals surface area contributed by atoms with E-state index in [4.69, 9.17) is 9.47 Å². The maximum Gasteiger partial charge on any atom is 0.336 e. The van der Waals surface area contributed by atoms with Crippen LogP contribution < -0.4 is 20.1 Å². The number of ether oxygens (including phenoxy) is 2. The van der Waals surface area contributed by atoms with Crippen LogP contribution in [0.4, 0.5) is 14.5 Å². The van der Waals surface area contributed by atoms with Crippen LogP contribution in [-0.2, 0) is 35.5 Å². The van der Waals surface area contributed by atoms with E-state index in [2.05, 4.69) is 15.5 Å². The van der Waals surface area contributed by atoms with Gasteiger partial charge in [-0.25, -0.2) is 18.4 Å². The Kier molecular flexibility index (Phi) is 8.75. The van der Waals surface area contributed by atoms with Crippen molar-refractivity contribution in [2.45, 2.75) is 51.9 Å². The highest BCUT2D eigenvalue weighted by Crippen LogP contribution is 2.40. The van der Waals surface area contributed by atoms with Gasteiger partial charge in [0, 0.05) is 56.0 Å². The van der Waals surface area contributed by atoms with Crippen molar-refractivity contribution in [3.8, 4) is 11.5 Å². The van der Waals surface area contributed by atoms with Crippen LogP contribution in [0.1, 0.15) is 36.1 Å². The van der Waals surface area contributed by atoms with Gasteiger partial charge < -0.3 is 20.1 Å². The second-order valence-corrected chi connectivity index (χ2v) is 10.7. The lowest BCUT2D eigenvalue weighted by atomic mass is 9.90. The van der Waals surface area contributed by atoms with Crippen molar-refractivity contribution in [1.29, 1.82) is 0 Å². The van der Waals surface area contributed by atoms with Gasteiger partial charge in [-0.15, -0.1) is 0 Å². The van der Waals surface area contributed by atoms with Gasteiger partial charge in [0.05, 0.1) is 5.69 Å². The fourth-order valence-corrected chi connectivity index (χ4v) is 5.26. The summed E-state index contributed by atoms with van der Waals surface area (Å²) >= 11 is 0. The molecule has 5 rings (SSSR count). The number of anilines is 1. The summed E-state index contributed by atoms with van der Waals surface area (Å²) in [5.41, 5.74) is 4.35. The number of halogens is 2. The van der Waals surface area contributed by atoms with Crippen LogP contribution in [0.3, 0.4) is 0 Å². The van der Waals surface area contributed by atoms with Crippen LogP contribution in [0.5, 0.6) is 11.5 Å². The van der Waals surface area contributed by atoms with Crippen molar-refractivity contribution < 1.29 is 27.8 Å². The first-order valence-electron chi connectivity index (χ1n) is 13.8. The number of nitrogens with zero attached hydrogens (tertiary/aromatic N) is 1. The Morgan fingerprint density at radius 2 is 1.61 bits per heavy atom. The number of nitrogens with one attached hydrogen (secondary N) is 2. The SMILES string of the molecule is CC(C)Nc1ccc(CNCCN2Cc3ccc(F)cc3CC2Cc2ccc(F)cc2)c2c1OC(=O)/C=C/C(=O)O2. The van der Waals surface area contributed by atoms with E-state index in [1.54, 1.807) is 18.2 Å². The first-order valence-corrected chi connectivity index (χ1v) is 13.8. The van der Waals surface area contributed by atoms with Gasteiger partial charge in [-0.05, 0) is 73.7 Å². The lowest BCUT2D eigenvalue weighted by molar-refractivity contribution is -0.133. The van der Waals surface area contributed by atoms with Crippen molar-refractivity contribution in [2.75, 3.05) is 18.4 Å². The molecule has 1 unspecified atom stereocenters. The molecule has 41 heavy (non-hydrogen) atoms. The molecular weight excluding hydrogens is 528 g/mol. The minimum atomic E-state index is -0.655. The minimum absolute atomic E-state index is 0.0625. The molecule has 0 radical (unpaired) electrons. The number of fused-ring (bicyclic) bond motifs is 2. The molecule has 2 aliphatic heterocycles. The predicted octanol–water partition coefficient (Wildman–Crippen LogP) is 4.92. The van der Waals surface area contributed by atoms with Gasteiger partial charge in [-0.3, -0.25) is 4.90 Å². The lowest BCUT2D eigenvalue weighted by Gasteiger charge is -2.37. The van der Waals surface area contributed by atoms with Crippen LogP contribution in [0, 0.1) is 11.6 Å². The number of esters is 2. The third kappa shape index (κ3) is 7.17. The standard InChI is InChI=1S/C32H33F2N3O4/c1-20(2)36-28-10-6-22(31-32(28)41-30(39)12-11-29(38)40-31)18-35-13-14-37-19-23-5-9-26(34)16-24(23)17-27(37)15-21-3-7-25(33)8-4-21/h3-12,16,20,27,35-36H,13-15,17-19H2,1-2H3/b12-11+. The van der Waals surface area contributed by atoms with Gasteiger partial charge in [-0.2, -0.15) is 0 Å². The van der Waals surface area contributed by atoms with Crippen LogP contribution >= 0.6 is 0 Å². The highest BCUT2D eigenvalue weighted by atomic mass is 19.1. The number of benzene rings is 3. The van der Waals surface area contributed by atoms with Gasteiger partial charge in [-0.1, -0.05) is 24.3 Å². The number of carbonyl (C=O) groups excluding carboxylic acids is 2. The molecule has 0 fully saturated rings. The number of rotatable bonds is 9. The summed E-state index contributed by atoms with van der Waals surface area (Å²) in [5, 5.41) is 6.65. The van der Waals surface area contributed by atoms with Gasteiger partial charge >= 0.3 is 11.9 Å². The molecule has 0 spiro atoms. The summed E-state index contributed by atoms with van der Waals surface area (Å²) in [6, 6.07) is 15.3. The Morgan fingerprint density at radius 1 is 0.902 bits per heavy atom. The van der Waals surface area contributed by atoms with Crippen LogP contribution in [-0.4, -0.2) is 42.0 Å². The quantitative estimate of drug-likeness (QED) is 0.218. The molecule has 3 aromatic rings. The third-order valence-electron chi connectivity index (χ3n) is 7.19. The molecule has 0 saturated heterocycles. The molecule has 7 nitrogen and oxygen atoms in total. The van der Waals surface area contributed by atoms with E-state index in [1.165, 1.54) is 18.2 Å². The molecule has 0 saturated carbocycles. The monoisotopic (exact) mass is 561 g/mol. The van der Waals surface area contributed by atoms with E-state index in [0.717, 1.165) is 28.8 Å². The van der Waals surface area contributed by atoms with E-state index in [9.17, 15) is 18.4 Å². The largest absolute Gasteiger partial charge is 0.419 e. The molecular formula is C32H33F2N3O4. The molecule has 2 heterocycles. The molecule has 3 aromatic carbocycles. The summed E-state index contributed by atoms with van der Waals surface area (Å²) in [6.07, 6.45) is 3.50. The molecule has 9 heteroatoms. The number of hydrogen-bond donors (Lipinski definition) is 2. The fourth-order valence-electron chi connectivity index (χ4n) is 5.26. The van der Waals surface area contributed by atoms with E-state index in [1.807, 2.05) is 32.0 Å². The predicted molar refractivity (Wildman–Crippen MR) is 152 cm³/mol. The normalized spacial score (nSPS) is 17.6. The summed E-state index contributed by atoms with van der Waals surface area (Å²) in [6.45, 7) is 6.28. The average Bonchev–Trinajstić information content (AvgIpc) is 2.92. The van der Waals surface area contributed by atoms with Crippen molar-refractivity contribution in [2.24, 2.45) is 0 Å². The van der Waals surface area contributed by atoms with Crippen LogP contribution in [0.2, 0.25) is 0 Å². The fraction of sp³-hybridized carbons (Fsp3) is 0.312. The van der Waals surface area contributed by atoms with E-state index in [0.29, 0.717) is 50.3 Å². The Labute approximate surface area is 238 Å². The van der Waals surface area contributed by atoms with E-state index >= 15 is 0 Å². The van der Waals surface area contributed by atoms with Gasteiger partial charge in [0.25, 0.3) is 0 Å². The Bertz CT molecular complexity index is 1460. The van der Waals surface area contributed by atoms with Crippen molar-refractivity contribution in [1.82, 2.24) is 10.2 Å². The van der Waals surface area contributed by atoms with Gasteiger partial charge in [0.1, 0.15) is 11.6 Å². The van der Waals surface area contributed by atoms with E-state index in [-0.39, 0.29) is 35.2 Å². The average molecular weight is 562 g/mol. The summed E-state index contributed by atoms with van der Waals surface area (Å²) in [7, 11) is 0. The zero-order valence-electron chi connectivity index (χ0n) is 23.1. The first kappa shape index (κ1) is 28.4. The summed E-state index contributed by atoms with van der Waals surface area (Å²) in [4.78, 5) is 26.8.